The molecule has 1 aromatic heterocycles. The van der Waals surface area contributed by atoms with E-state index in [0.717, 1.165) is 12.3 Å². The molecular weight excluding hydrogens is 251 g/mol. The average Bonchev–Trinajstić information content (AvgIpc) is 2.16. The van der Waals surface area contributed by atoms with E-state index in [0.29, 0.717) is 0 Å². The Balaban J connectivity index is 2.89. The van der Waals surface area contributed by atoms with E-state index in [1.807, 2.05) is 0 Å². The van der Waals surface area contributed by atoms with Crippen LogP contribution in [0.5, 0.6) is 11.6 Å². The Morgan fingerprint density at radius 1 is 1.31 bits per heavy atom. The Morgan fingerprint density at radius 3 is 2.31 bits per heavy atom. The number of pyridine rings is 1. The minimum atomic E-state index is -5.67. The van der Waals surface area contributed by atoms with Gasteiger partial charge in [-0.15, -0.1) is 0 Å². The third-order valence-electron chi connectivity index (χ3n) is 1.42. The van der Waals surface area contributed by atoms with E-state index in [2.05, 4.69) is 13.9 Å². The van der Waals surface area contributed by atoms with Crippen LogP contribution < -0.4 is 8.92 Å². The molecule has 0 N–H and O–H groups in total. The van der Waals surface area contributed by atoms with E-state index in [9.17, 15) is 21.6 Å². The molecular formula is C7H6F3NO4S. The summed E-state index contributed by atoms with van der Waals surface area (Å²) in [7, 11) is -4.35. The van der Waals surface area contributed by atoms with Crippen molar-refractivity contribution < 1.29 is 30.5 Å². The third-order valence-corrected chi connectivity index (χ3v) is 2.38. The van der Waals surface area contributed by atoms with Crippen molar-refractivity contribution in [3.8, 4) is 11.6 Å². The number of hydrogen-bond donors (Lipinski definition) is 0. The molecule has 0 saturated heterocycles. The van der Waals surface area contributed by atoms with Crippen molar-refractivity contribution in [2.45, 2.75) is 5.51 Å². The fourth-order valence-corrected chi connectivity index (χ4v) is 1.11. The summed E-state index contributed by atoms with van der Waals surface area (Å²) in [6, 6.07) is 2.16. The van der Waals surface area contributed by atoms with Gasteiger partial charge in [0.05, 0.1) is 13.3 Å². The minimum Gasteiger partial charge on any atom is -0.495 e. The van der Waals surface area contributed by atoms with E-state index < -0.39 is 21.5 Å². The van der Waals surface area contributed by atoms with Crippen molar-refractivity contribution >= 4 is 10.1 Å². The number of methoxy groups -OCH3 is 1. The Labute approximate surface area is 88.9 Å². The Hall–Kier alpha value is -1.51. The molecule has 90 valence electrons. The number of rotatable bonds is 3. The Kier molecular flexibility index (Phi) is 3.27. The van der Waals surface area contributed by atoms with Crippen LogP contribution in [0.3, 0.4) is 0 Å². The van der Waals surface area contributed by atoms with Crippen LogP contribution in [0, 0.1) is 0 Å². The molecule has 0 fully saturated rings. The zero-order chi connectivity index (χ0) is 12.4. The summed E-state index contributed by atoms with van der Waals surface area (Å²) in [5.41, 5.74) is -5.48. The monoisotopic (exact) mass is 257 g/mol. The molecule has 0 aliphatic carbocycles. The highest BCUT2D eigenvalue weighted by molar-refractivity contribution is 7.87. The van der Waals surface area contributed by atoms with Gasteiger partial charge in [-0.1, -0.05) is 0 Å². The highest BCUT2D eigenvalue weighted by Gasteiger charge is 2.48. The molecule has 0 saturated carbocycles. The largest absolute Gasteiger partial charge is 0.534 e. The molecule has 0 radical (unpaired) electrons. The summed E-state index contributed by atoms with van der Waals surface area (Å²) in [5, 5.41) is 0. The maximum absolute atomic E-state index is 11.9. The summed E-state index contributed by atoms with van der Waals surface area (Å²) < 4.78 is 65.2. The first kappa shape index (κ1) is 12.6. The lowest BCUT2D eigenvalue weighted by molar-refractivity contribution is -0.0501. The van der Waals surface area contributed by atoms with Crippen molar-refractivity contribution in [1.29, 1.82) is 0 Å². The first-order chi connectivity index (χ1) is 7.26. The highest BCUT2D eigenvalue weighted by atomic mass is 32.2. The van der Waals surface area contributed by atoms with Gasteiger partial charge >= 0.3 is 15.6 Å². The molecule has 0 bridgehead atoms. The van der Waals surface area contributed by atoms with Gasteiger partial charge in [0.25, 0.3) is 0 Å². The molecule has 16 heavy (non-hydrogen) atoms. The Morgan fingerprint density at radius 2 is 1.94 bits per heavy atom. The maximum atomic E-state index is 11.9. The molecule has 1 aromatic rings. The topological polar surface area (TPSA) is 65.5 Å². The maximum Gasteiger partial charge on any atom is 0.534 e. The van der Waals surface area contributed by atoms with Crippen LogP contribution >= 0.6 is 0 Å². The number of nitrogens with zero attached hydrogens (tertiary/aromatic N) is 1. The van der Waals surface area contributed by atoms with Crippen LogP contribution in [0.15, 0.2) is 18.3 Å². The van der Waals surface area contributed by atoms with Gasteiger partial charge in [-0.25, -0.2) is 4.98 Å². The van der Waals surface area contributed by atoms with Crippen LogP contribution in [0.25, 0.3) is 0 Å². The van der Waals surface area contributed by atoms with Crippen molar-refractivity contribution in [2.75, 3.05) is 7.11 Å². The molecule has 0 spiro atoms. The van der Waals surface area contributed by atoms with Gasteiger partial charge in [0.15, 0.2) is 0 Å². The molecule has 0 unspecified atom stereocenters. The van der Waals surface area contributed by atoms with Gasteiger partial charge in [0.2, 0.25) is 5.88 Å². The molecule has 1 rings (SSSR count). The molecule has 9 heteroatoms. The minimum absolute atomic E-state index is 0.261. The second-order valence-electron chi connectivity index (χ2n) is 2.52. The zero-order valence-corrected chi connectivity index (χ0v) is 8.67. The van der Waals surface area contributed by atoms with E-state index in [1.54, 1.807) is 0 Å². The van der Waals surface area contributed by atoms with E-state index in [4.69, 9.17) is 0 Å². The SMILES string of the molecule is COc1ccc(OS(=O)(=O)C(F)(F)F)nc1. The average molecular weight is 257 g/mol. The van der Waals surface area contributed by atoms with Crippen LogP contribution in [0.1, 0.15) is 0 Å². The number of hydrogen-bond acceptors (Lipinski definition) is 5. The standard InChI is InChI=1S/C7H6F3NO4S/c1-14-5-2-3-6(11-4-5)15-16(12,13)7(8,9)10/h2-4H,1H3. The van der Waals surface area contributed by atoms with Gasteiger partial charge in [-0.05, 0) is 6.07 Å². The van der Waals surface area contributed by atoms with Gasteiger partial charge in [-0.3, -0.25) is 0 Å². The number of alkyl halides is 3. The summed E-state index contributed by atoms with van der Waals surface area (Å²) in [6.45, 7) is 0. The van der Waals surface area contributed by atoms with Crippen LogP contribution in [-0.4, -0.2) is 26.0 Å². The second-order valence-corrected chi connectivity index (χ2v) is 4.06. The first-order valence-corrected chi connectivity index (χ1v) is 5.18. The molecule has 5 nitrogen and oxygen atoms in total. The summed E-state index contributed by atoms with van der Waals surface area (Å²) in [6.07, 6.45) is 1.03. The first-order valence-electron chi connectivity index (χ1n) is 3.77. The summed E-state index contributed by atoms with van der Waals surface area (Å²) in [5.74, 6) is -0.421. The van der Waals surface area contributed by atoms with Crippen molar-refractivity contribution in [2.24, 2.45) is 0 Å². The molecule has 0 aliphatic heterocycles. The van der Waals surface area contributed by atoms with E-state index in [1.165, 1.54) is 13.2 Å². The molecule has 0 atom stereocenters. The van der Waals surface area contributed by atoms with Crippen molar-refractivity contribution in [1.82, 2.24) is 4.98 Å². The lowest BCUT2D eigenvalue weighted by Gasteiger charge is -2.08. The fraction of sp³-hybridized carbons (Fsp3) is 0.286. The summed E-state index contributed by atoms with van der Waals surface area (Å²) in [4.78, 5) is 3.32. The van der Waals surface area contributed by atoms with E-state index >= 15 is 0 Å². The van der Waals surface area contributed by atoms with Gasteiger partial charge in [-0.2, -0.15) is 21.6 Å². The summed E-state index contributed by atoms with van der Waals surface area (Å²) >= 11 is 0. The normalized spacial score (nSPS) is 12.2. The van der Waals surface area contributed by atoms with Crippen molar-refractivity contribution in [3.05, 3.63) is 18.3 Å². The Bertz CT molecular complexity index is 454. The van der Waals surface area contributed by atoms with Crippen molar-refractivity contribution in [3.63, 3.8) is 0 Å². The highest BCUT2D eigenvalue weighted by Crippen LogP contribution is 2.26. The number of ether oxygens (including phenoxy) is 1. The molecule has 0 amide bonds. The van der Waals surface area contributed by atoms with Gasteiger partial charge in [0.1, 0.15) is 5.75 Å². The lowest BCUT2D eigenvalue weighted by atomic mass is 10.4. The lowest BCUT2D eigenvalue weighted by Crippen LogP contribution is -2.28. The van der Waals surface area contributed by atoms with Gasteiger partial charge in [0, 0.05) is 6.07 Å². The third kappa shape index (κ3) is 2.75. The van der Waals surface area contributed by atoms with Crippen LogP contribution in [-0.2, 0) is 10.1 Å². The fourth-order valence-electron chi connectivity index (χ4n) is 0.696. The second kappa shape index (κ2) is 4.16. The number of aromatic nitrogens is 1. The zero-order valence-electron chi connectivity index (χ0n) is 7.85. The predicted octanol–water partition coefficient (Wildman–Crippen LogP) is 1.32. The smallest absolute Gasteiger partial charge is 0.495 e. The molecule has 0 aliphatic rings. The van der Waals surface area contributed by atoms with E-state index in [-0.39, 0.29) is 5.75 Å². The van der Waals surface area contributed by atoms with Crippen LogP contribution in [0.2, 0.25) is 0 Å². The molecule has 1 heterocycles. The quantitative estimate of drug-likeness (QED) is 0.603. The van der Waals surface area contributed by atoms with Gasteiger partial charge < -0.3 is 8.92 Å². The molecule has 0 aromatic carbocycles. The predicted molar refractivity (Wildman–Crippen MR) is 46.4 cm³/mol. The van der Waals surface area contributed by atoms with Crippen LogP contribution in [0.4, 0.5) is 13.2 Å². The number of halogens is 3.